The number of carbonyl (C=O) groups excluding carboxylic acids is 1. The number of nitrogens with zero attached hydrogens (tertiary/aromatic N) is 3. The Labute approximate surface area is 162 Å². The molecule has 1 aliphatic rings. The predicted octanol–water partition coefficient (Wildman–Crippen LogP) is 2.91. The summed E-state index contributed by atoms with van der Waals surface area (Å²) in [6.07, 6.45) is 5.43. The quantitative estimate of drug-likeness (QED) is 0.807. The van der Waals surface area contributed by atoms with Crippen LogP contribution in [0.25, 0.3) is 0 Å². The SMILES string of the molecule is COCc1nc(C(=O)Nc2cncc([C@]3(C)CC(C)(C)SC(N)=N3)c2)co1. The van der Waals surface area contributed by atoms with Crippen molar-refractivity contribution < 1.29 is 13.9 Å². The molecule has 8 nitrogen and oxygen atoms in total. The number of rotatable bonds is 5. The van der Waals surface area contributed by atoms with Gasteiger partial charge in [-0.05, 0) is 25.0 Å². The number of hydrogen-bond donors (Lipinski definition) is 2. The zero-order valence-corrected chi connectivity index (χ0v) is 16.6. The van der Waals surface area contributed by atoms with Crippen molar-refractivity contribution in [3.63, 3.8) is 0 Å². The van der Waals surface area contributed by atoms with Gasteiger partial charge in [0.2, 0.25) is 5.89 Å². The highest BCUT2D eigenvalue weighted by Crippen LogP contribution is 2.44. The third-order valence-corrected chi connectivity index (χ3v) is 5.18. The molecule has 1 atom stereocenters. The fraction of sp³-hybridized carbons (Fsp3) is 0.444. The molecular weight excluding hydrogens is 366 g/mol. The van der Waals surface area contributed by atoms with Gasteiger partial charge in [-0.1, -0.05) is 25.6 Å². The van der Waals surface area contributed by atoms with Gasteiger partial charge in [-0.15, -0.1) is 0 Å². The van der Waals surface area contributed by atoms with Crippen molar-refractivity contribution in [1.82, 2.24) is 9.97 Å². The Bertz CT molecular complexity index is 879. The lowest BCUT2D eigenvalue weighted by Crippen LogP contribution is -2.38. The predicted molar refractivity (Wildman–Crippen MR) is 105 cm³/mol. The Balaban J connectivity index is 1.81. The number of methoxy groups -OCH3 is 1. The van der Waals surface area contributed by atoms with E-state index in [1.165, 1.54) is 13.4 Å². The molecule has 27 heavy (non-hydrogen) atoms. The second kappa shape index (κ2) is 7.32. The van der Waals surface area contributed by atoms with Gasteiger partial charge in [-0.25, -0.2) is 4.98 Å². The van der Waals surface area contributed by atoms with E-state index in [9.17, 15) is 4.79 Å². The Morgan fingerprint density at radius 2 is 2.19 bits per heavy atom. The maximum atomic E-state index is 12.4. The van der Waals surface area contributed by atoms with Crippen molar-refractivity contribution in [2.24, 2.45) is 10.7 Å². The van der Waals surface area contributed by atoms with E-state index in [4.69, 9.17) is 14.9 Å². The summed E-state index contributed by atoms with van der Waals surface area (Å²) >= 11 is 1.57. The Hall–Kier alpha value is -2.39. The first-order valence-electron chi connectivity index (χ1n) is 8.45. The molecule has 0 aromatic carbocycles. The largest absolute Gasteiger partial charge is 0.446 e. The molecule has 0 saturated heterocycles. The van der Waals surface area contributed by atoms with Gasteiger partial charge < -0.3 is 20.2 Å². The average Bonchev–Trinajstić information content (AvgIpc) is 3.02. The summed E-state index contributed by atoms with van der Waals surface area (Å²) in [5.41, 5.74) is 7.15. The normalized spacial score (nSPS) is 21.6. The first-order valence-corrected chi connectivity index (χ1v) is 9.27. The topological polar surface area (TPSA) is 116 Å². The van der Waals surface area contributed by atoms with Crippen molar-refractivity contribution in [1.29, 1.82) is 0 Å². The molecule has 0 spiro atoms. The van der Waals surface area contributed by atoms with Crippen LogP contribution >= 0.6 is 11.8 Å². The smallest absolute Gasteiger partial charge is 0.277 e. The van der Waals surface area contributed by atoms with Crippen molar-refractivity contribution in [3.8, 4) is 0 Å². The summed E-state index contributed by atoms with van der Waals surface area (Å²) < 4.78 is 10.1. The lowest BCUT2D eigenvalue weighted by Gasteiger charge is -2.39. The first kappa shape index (κ1) is 19.4. The van der Waals surface area contributed by atoms with E-state index >= 15 is 0 Å². The van der Waals surface area contributed by atoms with Crippen LogP contribution in [-0.2, 0) is 16.9 Å². The molecule has 2 aromatic rings. The number of aliphatic imine (C=N–C) groups is 1. The lowest BCUT2D eigenvalue weighted by atomic mass is 9.84. The number of pyridine rings is 1. The molecule has 0 saturated carbocycles. The molecule has 3 N–H and O–H groups in total. The number of hydrogen-bond acceptors (Lipinski definition) is 8. The van der Waals surface area contributed by atoms with Gasteiger partial charge in [0.15, 0.2) is 10.9 Å². The Kier molecular flexibility index (Phi) is 5.25. The summed E-state index contributed by atoms with van der Waals surface area (Å²) in [6.45, 7) is 6.51. The van der Waals surface area contributed by atoms with Gasteiger partial charge in [0.1, 0.15) is 12.9 Å². The number of nitrogens with two attached hydrogens (primary N) is 1. The monoisotopic (exact) mass is 389 g/mol. The summed E-state index contributed by atoms with van der Waals surface area (Å²) in [5, 5.41) is 3.34. The Morgan fingerprint density at radius 1 is 1.41 bits per heavy atom. The summed E-state index contributed by atoms with van der Waals surface area (Å²) in [5.74, 6) is -0.0402. The third-order valence-electron chi connectivity index (χ3n) is 4.18. The van der Waals surface area contributed by atoms with E-state index in [-0.39, 0.29) is 23.0 Å². The number of carbonyl (C=O) groups is 1. The van der Waals surface area contributed by atoms with Crippen LogP contribution in [0.2, 0.25) is 0 Å². The molecular formula is C18H23N5O3S. The molecule has 0 fully saturated rings. The van der Waals surface area contributed by atoms with Gasteiger partial charge in [0, 0.05) is 18.1 Å². The minimum atomic E-state index is -0.508. The average molecular weight is 389 g/mol. The van der Waals surface area contributed by atoms with E-state index in [1.54, 1.807) is 24.2 Å². The van der Waals surface area contributed by atoms with Crippen LogP contribution in [0.5, 0.6) is 0 Å². The van der Waals surface area contributed by atoms with Gasteiger partial charge in [0.25, 0.3) is 5.91 Å². The van der Waals surface area contributed by atoms with Crippen LogP contribution in [0.15, 0.2) is 34.1 Å². The van der Waals surface area contributed by atoms with Gasteiger partial charge in [-0.3, -0.25) is 14.8 Å². The van der Waals surface area contributed by atoms with Crippen LogP contribution in [0, 0.1) is 0 Å². The second-order valence-electron chi connectivity index (χ2n) is 7.24. The molecule has 1 aliphatic heterocycles. The van der Waals surface area contributed by atoms with Crippen LogP contribution in [0.1, 0.15) is 49.1 Å². The number of amides is 1. The molecule has 0 radical (unpaired) electrons. The number of nitrogens with one attached hydrogen (secondary N) is 1. The second-order valence-corrected chi connectivity index (χ2v) is 8.97. The van der Waals surface area contributed by atoms with Gasteiger partial charge >= 0.3 is 0 Å². The number of oxazole rings is 1. The molecule has 2 aromatic heterocycles. The fourth-order valence-electron chi connectivity index (χ4n) is 3.22. The van der Waals surface area contributed by atoms with Crippen LogP contribution in [0.4, 0.5) is 5.69 Å². The third kappa shape index (κ3) is 4.48. The molecule has 0 bridgehead atoms. The summed E-state index contributed by atoms with van der Waals surface area (Å²) in [7, 11) is 1.53. The first-order chi connectivity index (χ1) is 12.7. The Morgan fingerprint density at radius 3 is 2.89 bits per heavy atom. The number of thioether (sulfide) groups is 1. The molecule has 144 valence electrons. The highest BCUT2D eigenvalue weighted by Gasteiger charge is 2.39. The standard InChI is InChI=1S/C18H23N5O3S/c1-17(2)10-18(3,23-16(19)27-17)11-5-12(7-20-6-11)21-15(24)13-8-26-14(22-13)9-25-4/h5-8H,9-10H2,1-4H3,(H2,19,23)(H,21,24)/t18-/m0/s1. The van der Waals surface area contributed by atoms with Crippen molar-refractivity contribution in [2.75, 3.05) is 12.4 Å². The molecule has 9 heteroatoms. The minimum absolute atomic E-state index is 0.0434. The van der Waals surface area contributed by atoms with Crippen molar-refractivity contribution in [2.45, 2.75) is 44.1 Å². The highest BCUT2D eigenvalue weighted by atomic mass is 32.2. The number of amidine groups is 1. The van der Waals surface area contributed by atoms with E-state index < -0.39 is 5.54 Å². The lowest BCUT2D eigenvalue weighted by molar-refractivity contribution is 0.102. The molecule has 3 rings (SSSR count). The fourth-order valence-corrected chi connectivity index (χ4v) is 4.39. The molecule has 1 amide bonds. The van der Waals surface area contributed by atoms with E-state index in [1.807, 2.05) is 13.0 Å². The summed E-state index contributed by atoms with van der Waals surface area (Å²) in [6, 6.07) is 1.86. The van der Waals surface area contributed by atoms with E-state index in [2.05, 4.69) is 34.1 Å². The maximum Gasteiger partial charge on any atom is 0.277 e. The number of aromatic nitrogens is 2. The summed E-state index contributed by atoms with van der Waals surface area (Å²) in [4.78, 5) is 25.4. The molecule has 3 heterocycles. The highest BCUT2D eigenvalue weighted by molar-refractivity contribution is 8.15. The maximum absolute atomic E-state index is 12.4. The molecule has 0 unspecified atom stereocenters. The number of ether oxygens (including phenoxy) is 1. The van der Waals surface area contributed by atoms with Crippen LogP contribution in [-0.4, -0.2) is 32.9 Å². The minimum Gasteiger partial charge on any atom is -0.446 e. The number of anilines is 1. The van der Waals surface area contributed by atoms with Crippen LogP contribution in [0.3, 0.4) is 0 Å². The molecule has 0 aliphatic carbocycles. The van der Waals surface area contributed by atoms with E-state index in [0.717, 1.165) is 12.0 Å². The zero-order valence-electron chi connectivity index (χ0n) is 15.8. The van der Waals surface area contributed by atoms with Crippen molar-refractivity contribution in [3.05, 3.63) is 41.9 Å². The van der Waals surface area contributed by atoms with E-state index in [0.29, 0.717) is 16.7 Å². The van der Waals surface area contributed by atoms with Crippen molar-refractivity contribution >= 4 is 28.5 Å². The van der Waals surface area contributed by atoms with Gasteiger partial charge in [0.05, 0.1) is 17.4 Å². The zero-order chi connectivity index (χ0) is 19.7. The van der Waals surface area contributed by atoms with Crippen LogP contribution < -0.4 is 11.1 Å². The van der Waals surface area contributed by atoms with Gasteiger partial charge in [-0.2, -0.15) is 0 Å².